The van der Waals surface area contributed by atoms with Crippen LogP contribution in [0.25, 0.3) is 0 Å². The van der Waals surface area contributed by atoms with Gasteiger partial charge >= 0.3 is 0 Å². The van der Waals surface area contributed by atoms with Crippen molar-refractivity contribution in [2.45, 2.75) is 11.5 Å². The van der Waals surface area contributed by atoms with Gasteiger partial charge in [0.1, 0.15) is 0 Å². The molecular weight excluding hydrogens is 180 g/mol. The largest absolute Gasteiger partial charge is 0.361 e. The van der Waals surface area contributed by atoms with Crippen molar-refractivity contribution in [3.05, 3.63) is 23.9 Å². The molecule has 1 atom stereocenters. The molecule has 1 heterocycles. The van der Waals surface area contributed by atoms with Gasteiger partial charge in [-0.1, -0.05) is 6.08 Å². The molecule has 0 bridgehead atoms. The van der Waals surface area contributed by atoms with Crippen LogP contribution in [0.4, 0.5) is 0 Å². The zero-order valence-electron chi connectivity index (χ0n) is 5.19. The van der Waals surface area contributed by atoms with Gasteiger partial charge in [-0.15, -0.1) is 0 Å². The molecule has 0 fully saturated rings. The summed E-state index contributed by atoms with van der Waals surface area (Å²) >= 11 is 3.30. The van der Waals surface area contributed by atoms with E-state index in [9.17, 15) is 0 Å². The maximum absolute atomic E-state index is 5.71. The molecule has 50 valence electrons. The van der Waals surface area contributed by atoms with E-state index in [4.69, 9.17) is 5.73 Å². The molecule has 0 radical (unpaired) electrons. The second-order valence-electron chi connectivity index (χ2n) is 2.06. The normalized spacial score (nSPS) is 33.4. The van der Waals surface area contributed by atoms with E-state index >= 15 is 0 Å². The SMILES string of the molecule is CC1=CC=CN[C@@]1(N)Br. The fourth-order valence-corrected chi connectivity index (χ4v) is 0.861. The van der Waals surface area contributed by atoms with Crippen LogP contribution in [0.2, 0.25) is 0 Å². The maximum Gasteiger partial charge on any atom is 0.165 e. The predicted octanol–water partition coefficient (Wildman–Crippen LogP) is 1.06. The van der Waals surface area contributed by atoms with Gasteiger partial charge in [0.05, 0.1) is 0 Å². The number of hydrogen-bond acceptors (Lipinski definition) is 2. The van der Waals surface area contributed by atoms with Crippen LogP contribution in [0.3, 0.4) is 0 Å². The van der Waals surface area contributed by atoms with Crippen LogP contribution in [0, 0.1) is 0 Å². The fraction of sp³-hybridized carbons (Fsp3) is 0.333. The quantitative estimate of drug-likeness (QED) is 0.441. The van der Waals surface area contributed by atoms with Crippen molar-refractivity contribution in [2.75, 3.05) is 0 Å². The summed E-state index contributed by atoms with van der Waals surface area (Å²) in [7, 11) is 0. The Morgan fingerprint density at radius 3 is 2.78 bits per heavy atom. The first-order chi connectivity index (χ1) is 4.13. The van der Waals surface area contributed by atoms with Gasteiger partial charge < -0.3 is 5.32 Å². The summed E-state index contributed by atoms with van der Waals surface area (Å²) in [5.74, 6) is 0. The molecule has 2 nitrogen and oxygen atoms in total. The lowest BCUT2D eigenvalue weighted by Gasteiger charge is -2.25. The van der Waals surface area contributed by atoms with Gasteiger partial charge in [-0.2, -0.15) is 0 Å². The maximum atomic E-state index is 5.71. The highest BCUT2D eigenvalue weighted by atomic mass is 79.9. The second kappa shape index (κ2) is 2.15. The first kappa shape index (κ1) is 6.83. The highest BCUT2D eigenvalue weighted by Gasteiger charge is 2.21. The van der Waals surface area contributed by atoms with Crippen LogP contribution in [0.5, 0.6) is 0 Å². The minimum Gasteiger partial charge on any atom is -0.361 e. The van der Waals surface area contributed by atoms with Crippen LogP contribution >= 0.6 is 15.9 Å². The lowest BCUT2D eigenvalue weighted by Crippen LogP contribution is -2.47. The number of rotatable bonds is 0. The van der Waals surface area contributed by atoms with Crippen LogP contribution in [0.15, 0.2) is 23.9 Å². The number of nitrogens with two attached hydrogens (primary N) is 1. The van der Waals surface area contributed by atoms with E-state index in [0.717, 1.165) is 5.57 Å². The third-order valence-electron chi connectivity index (χ3n) is 1.31. The Morgan fingerprint density at radius 1 is 1.78 bits per heavy atom. The van der Waals surface area contributed by atoms with Gasteiger partial charge in [0.15, 0.2) is 4.57 Å². The number of alkyl halides is 1. The van der Waals surface area contributed by atoms with Crippen molar-refractivity contribution in [2.24, 2.45) is 5.73 Å². The molecule has 0 spiro atoms. The Balaban J connectivity index is 2.83. The highest BCUT2D eigenvalue weighted by molar-refractivity contribution is 9.10. The summed E-state index contributed by atoms with van der Waals surface area (Å²) in [6, 6.07) is 0. The average molecular weight is 189 g/mol. The average Bonchev–Trinajstić information content (AvgIpc) is 1.77. The van der Waals surface area contributed by atoms with E-state index in [1.165, 1.54) is 0 Å². The van der Waals surface area contributed by atoms with Gasteiger partial charge in [-0.25, -0.2) is 0 Å². The van der Waals surface area contributed by atoms with E-state index < -0.39 is 4.57 Å². The van der Waals surface area contributed by atoms with E-state index in [1.807, 2.05) is 25.3 Å². The van der Waals surface area contributed by atoms with Crippen LogP contribution in [-0.2, 0) is 0 Å². The van der Waals surface area contributed by atoms with E-state index in [0.29, 0.717) is 0 Å². The summed E-state index contributed by atoms with van der Waals surface area (Å²) < 4.78 is -0.526. The molecule has 0 unspecified atom stereocenters. The molecule has 0 amide bonds. The van der Waals surface area contributed by atoms with E-state index in [2.05, 4.69) is 21.2 Å². The van der Waals surface area contributed by atoms with Crippen LogP contribution in [0.1, 0.15) is 6.92 Å². The fourth-order valence-electron chi connectivity index (χ4n) is 0.597. The lowest BCUT2D eigenvalue weighted by molar-refractivity contribution is 0.642. The summed E-state index contributed by atoms with van der Waals surface area (Å²) in [5.41, 5.74) is 6.78. The molecule has 3 heteroatoms. The molecular formula is C6H9BrN2. The van der Waals surface area contributed by atoms with Crippen molar-refractivity contribution in [3.8, 4) is 0 Å². The number of hydrogen-bond donors (Lipinski definition) is 2. The summed E-state index contributed by atoms with van der Waals surface area (Å²) in [6.07, 6.45) is 5.69. The van der Waals surface area contributed by atoms with Crippen molar-refractivity contribution in [3.63, 3.8) is 0 Å². The zero-order valence-corrected chi connectivity index (χ0v) is 6.77. The predicted molar refractivity (Wildman–Crippen MR) is 41.9 cm³/mol. The monoisotopic (exact) mass is 188 g/mol. The topological polar surface area (TPSA) is 38.0 Å². The highest BCUT2D eigenvalue weighted by Crippen LogP contribution is 2.19. The van der Waals surface area contributed by atoms with Gasteiger partial charge in [-0.3, -0.25) is 5.73 Å². The van der Waals surface area contributed by atoms with Crippen molar-refractivity contribution < 1.29 is 0 Å². The first-order valence-electron chi connectivity index (χ1n) is 2.72. The molecule has 9 heavy (non-hydrogen) atoms. The Hall–Kier alpha value is -0.280. The lowest BCUT2D eigenvalue weighted by atomic mass is 10.2. The van der Waals surface area contributed by atoms with Crippen molar-refractivity contribution >= 4 is 15.9 Å². The second-order valence-corrected chi connectivity index (χ2v) is 3.32. The van der Waals surface area contributed by atoms with Gasteiger partial charge in [-0.05, 0) is 40.7 Å². The first-order valence-corrected chi connectivity index (χ1v) is 3.51. The molecule has 1 aliphatic rings. The van der Waals surface area contributed by atoms with Crippen molar-refractivity contribution in [1.29, 1.82) is 0 Å². The molecule has 1 rings (SSSR count). The molecule has 0 aliphatic carbocycles. The number of dihydropyridines is 1. The van der Waals surface area contributed by atoms with Crippen LogP contribution in [-0.4, -0.2) is 4.57 Å². The Labute approximate surface area is 62.9 Å². The third-order valence-corrected chi connectivity index (χ3v) is 2.16. The number of nitrogens with one attached hydrogen (secondary N) is 1. The van der Waals surface area contributed by atoms with E-state index in [1.54, 1.807) is 0 Å². The standard InChI is InChI=1S/C6H9BrN2/c1-5-3-2-4-9-6(5,7)8/h2-4,9H,8H2,1H3/t6-/m1/s1. The molecule has 0 aromatic carbocycles. The molecule has 3 N–H and O–H groups in total. The molecule has 1 aliphatic heterocycles. The van der Waals surface area contributed by atoms with Gasteiger partial charge in [0.2, 0.25) is 0 Å². The third kappa shape index (κ3) is 1.34. The minimum atomic E-state index is -0.526. The number of allylic oxidation sites excluding steroid dienone is 2. The smallest absolute Gasteiger partial charge is 0.165 e. The van der Waals surface area contributed by atoms with Crippen molar-refractivity contribution in [1.82, 2.24) is 5.32 Å². The zero-order chi connectivity index (χ0) is 6.91. The van der Waals surface area contributed by atoms with E-state index in [-0.39, 0.29) is 0 Å². The molecule has 0 saturated carbocycles. The summed E-state index contributed by atoms with van der Waals surface area (Å²) in [4.78, 5) is 0. The molecule has 0 saturated heterocycles. The molecule has 0 aromatic rings. The minimum absolute atomic E-state index is 0.526. The van der Waals surface area contributed by atoms with Gasteiger partial charge in [0, 0.05) is 0 Å². The van der Waals surface area contributed by atoms with Gasteiger partial charge in [0.25, 0.3) is 0 Å². The summed E-state index contributed by atoms with van der Waals surface area (Å²) in [5, 5.41) is 2.95. The summed E-state index contributed by atoms with van der Waals surface area (Å²) in [6.45, 7) is 1.96. The van der Waals surface area contributed by atoms with Crippen LogP contribution < -0.4 is 11.1 Å². The Bertz CT molecular complexity index is 170. The Morgan fingerprint density at radius 2 is 2.44 bits per heavy atom. The molecule has 0 aromatic heterocycles. The Kier molecular flexibility index (Phi) is 1.64. The number of halogens is 1.